The topological polar surface area (TPSA) is 21.3 Å². The van der Waals surface area contributed by atoms with Gasteiger partial charge in [-0.2, -0.15) is 0 Å². The molecule has 0 aliphatic rings. The first kappa shape index (κ1) is 14.2. The molecule has 0 radical (unpaired) electrons. The molecule has 0 spiro atoms. The number of hydrogen-bond acceptors (Lipinski definition) is 2. The predicted octanol–water partition coefficient (Wildman–Crippen LogP) is 4.88. The minimum absolute atomic E-state index is 0.595. The van der Waals surface area contributed by atoms with E-state index in [2.05, 4.69) is 41.7 Å². The molecule has 0 saturated carbocycles. The van der Waals surface area contributed by atoms with Gasteiger partial charge >= 0.3 is 0 Å². The maximum absolute atomic E-state index is 5.78. The summed E-state index contributed by atoms with van der Waals surface area (Å²) in [4.78, 5) is 0. The van der Waals surface area contributed by atoms with E-state index in [0.29, 0.717) is 6.61 Å². The normalized spacial score (nSPS) is 10.2. The lowest BCUT2D eigenvalue weighted by Crippen LogP contribution is -1.99. The number of ether oxygens (including phenoxy) is 1. The van der Waals surface area contributed by atoms with Crippen LogP contribution in [0, 0.1) is 0 Å². The molecule has 0 aliphatic carbocycles. The van der Waals surface area contributed by atoms with Crippen LogP contribution in [0.4, 0.5) is 5.69 Å². The van der Waals surface area contributed by atoms with Crippen LogP contribution in [0.25, 0.3) is 0 Å². The summed E-state index contributed by atoms with van der Waals surface area (Å²) in [7, 11) is 0. The zero-order chi connectivity index (χ0) is 15.0. The summed E-state index contributed by atoms with van der Waals surface area (Å²) < 4.78 is 5.78. The van der Waals surface area contributed by atoms with Crippen LogP contribution >= 0.6 is 0 Å². The highest BCUT2D eigenvalue weighted by atomic mass is 16.5. The van der Waals surface area contributed by atoms with E-state index in [1.807, 2.05) is 48.5 Å². The molecular weight excluding hydrogens is 270 g/mol. The van der Waals surface area contributed by atoms with E-state index in [4.69, 9.17) is 4.74 Å². The van der Waals surface area contributed by atoms with Gasteiger partial charge in [-0.05, 0) is 35.4 Å². The van der Waals surface area contributed by atoms with E-state index in [9.17, 15) is 0 Å². The number of anilines is 1. The zero-order valence-corrected chi connectivity index (χ0v) is 12.4. The molecule has 110 valence electrons. The fraction of sp³-hybridized carbons (Fsp3) is 0.100. The Hall–Kier alpha value is -2.74. The molecule has 0 saturated heterocycles. The summed E-state index contributed by atoms with van der Waals surface area (Å²) in [5.41, 5.74) is 3.54. The molecule has 2 nitrogen and oxygen atoms in total. The first-order valence-electron chi connectivity index (χ1n) is 7.45. The Bertz CT molecular complexity index is 615. The molecule has 0 aromatic heterocycles. The maximum Gasteiger partial charge on any atom is 0.119 e. The lowest BCUT2D eigenvalue weighted by atomic mass is 10.2. The molecule has 1 N–H and O–H groups in total. The second kappa shape index (κ2) is 7.32. The fourth-order valence-electron chi connectivity index (χ4n) is 2.21. The Labute approximate surface area is 131 Å². The van der Waals surface area contributed by atoms with Crippen molar-refractivity contribution in [2.24, 2.45) is 0 Å². The summed E-state index contributed by atoms with van der Waals surface area (Å²) in [6.45, 7) is 1.42. The van der Waals surface area contributed by atoms with Crippen molar-refractivity contribution >= 4 is 5.69 Å². The van der Waals surface area contributed by atoms with Crippen LogP contribution in [0.2, 0.25) is 0 Å². The Kier molecular flexibility index (Phi) is 4.73. The largest absolute Gasteiger partial charge is 0.489 e. The minimum atomic E-state index is 0.595. The molecule has 22 heavy (non-hydrogen) atoms. The lowest BCUT2D eigenvalue weighted by Gasteiger charge is -2.09. The average Bonchev–Trinajstić information content (AvgIpc) is 2.61. The van der Waals surface area contributed by atoms with Gasteiger partial charge < -0.3 is 10.1 Å². The molecule has 0 heterocycles. The van der Waals surface area contributed by atoms with E-state index in [1.165, 1.54) is 11.1 Å². The number of nitrogens with one attached hydrogen (secondary N) is 1. The van der Waals surface area contributed by atoms with Gasteiger partial charge in [-0.3, -0.25) is 0 Å². The van der Waals surface area contributed by atoms with Crippen LogP contribution in [-0.4, -0.2) is 0 Å². The van der Waals surface area contributed by atoms with Gasteiger partial charge in [-0.25, -0.2) is 0 Å². The van der Waals surface area contributed by atoms with Crippen molar-refractivity contribution in [1.29, 1.82) is 0 Å². The van der Waals surface area contributed by atoms with Crippen molar-refractivity contribution in [2.45, 2.75) is 13.2 Å². The van der Waals surface area contributed by atoms with Crippen LogP contribution in [0.5, 0.6) is 5.75 Å². The molecule has 0 aliphatic heterocycles. The van der Waals surface area contributed by atoms with Crippen molar-refractivity contribution in [3.05, 3.63) is 96.1 Å². The fourth-order valence-corrected chi connectivity index (χ4v) is 2.21. The number of hydrogen-bond donors (Lipinski definition) is 1. The summed E-state index contributed by atoms with van der Waals surface area (Å²) in [6.07, 6.45) is 0. The van der Waals surface area contributed by atoms with Crippen LogP contribution in [0.15, 0.2) is 84.9 Å². The van der Waals surface area contributed by atoms with Crippen molar-refractivity contribution in [2.75, 3.05) is 5.32 Å². The minimum Gasteiger partial charge on any atom is -0.489 e. The monoisotopic (exact) mass is 289 g/mol. The molecular formula is C20H19NO. The Morgan fingerprint density at radius 1 is 0.636 bits per heavy atom. The number of benzene rings is 3. The van der Waals surface area contributed by atoms with Gasteiger partial charge in [0, 0.05) is 12.2 Å². The van der Waals surface area contributed by atoms with Crippen LogP contribution in [0.1, 0.15) is 11.1 Å². The molecule has 2 heteroatoms. The Balaban J connectivity index is 1.52. The van der Waals surface area contributed by atoms with E-state index in [0.717, 1.165) is 18.0 Å². The van der Waals surface area contributed by atoms with Crippen molar-refractivity contribution in [3.63, 3.8) is 0 Å². The van der Waals surface area contributed by atoms with Crippen molar-refractivity contribution in [3.8, 4) is 5.75 Å². The van der Waals surface area contributed by atoms with Gasteiger partial charge in [0.05, 0.1) is 0 Å². The van der Waals surface area contributed by atoms with Crippen LogP contribution in [-0.2, 0) is 13.2 Å². The van der Waals surface area contributed by atoms with Gasteiger partial charge in [0.25, 0.3) is 0 Å². The molecule has 0 unspecified atom stereocenters. The van der Waals surface area contributed by atoms with Gasteiger partial charge in [0.2, 0.25) is 0 Å². The summed E-state index contributed by atoms with van der Waals surface area (Å²) in [5.74, 6) is 0.883. The zero-order valence-electron chi connectivity index (χ0n) is 12.4. The third-order valence-electron chi connectivity index (χ3n) is 3.44. The molecule has 3 rings (SSSR count). The lowest BCUT2D eigenvalue weighted by molar-refractivity contribution is 0.306. The van der Waals surface area contributed by atoms with Crippen LogP contribution < -0.4 is 10.1 Å². The predicted molar refractivity (Wildman–Crippen MR) is 91.0 cm³/mol. The van der Waals surface area contributed by atoms with Crippen molar-refractivity contribution in [1.82, 2.24) is 0 Å². The molecule has 0 atom stereocenters. The first-order chi connectivity index (χ1) is 10.9. The molecule has 0 bridgehead atoms. The Morgan fingerprint density at radius 3 is 1.86 bits per heavy atom. The molecule has 3 aromatic rings. The summed E-state index contributed by atoms with van der Waals surface area (Å²) >= 11 is 0. The van der Waals surface area contributed by atoms with E-state index < -0.39 is 0 Å². The average molecular weight is 289 g/mol. The highest BCUT2D eigenvalue weighted by Crippen LogP contribution is 2.17. The second-order valence-electron chi connectivity index (χ2n) is 5.14. The smallest absolute Gasteiger partial charge is 0.119 e. The Morgan fingerprint density at radius 2 is 1.23 bits per heavy atom. The summed E-state index contributed by atoms with van der Waals surface area (Å²) in [5, 5.41) is 3.41. The highest BCUT2D eigenvalue weighted by molar-refractivity contribution is 5.46. The van der Waals surface area contributed by atoms with Gasteiger partial charge in [-0.15, -0.1) is 0 Å². The highest BCUT2D eigenvalue weighted by Gasteiger charge is 1.97. The molecule has 0 amide bonds. The molecule has 3 aromatic carbocycles. The SMILES string of the molecule is c1ccc(CNc2ccc(OCc3ccccc3)cc2)cc1. The second-order valence-corrected chi connectivity index (χ2v) is 5.14. The summed E-state index contributed by atoms with van der Waals surface area (Å²) in [6, 6.07) is 28.6. The quantitative estimate of drug-likeness (QED) is 0.698. The van der Waals surface area contributed by atoms with Gasteiger partial charge in [0.15, 0.2) is 0 Å². The standard InChI is InChI=1S/C20H19NO/c1-3-7-17(8-4-1)15-21-19-11-13-20(14-12-19)22-16-18-9-5-2-6-10-18/h1-14,21H,15-16H2. The van der Waals surface area contributed by atoms with E-state index >= 15 is 0 Å². The molecule has 0 fully saturated rings. The maximum atomic E-state index is 5.78. The third-order valence-corrected chi connectivity index (χ3v) is 3.44. The first-order valence-corrected chi connectivity index (χ1v) is 7.45. The van der Waals surface area contributed by atoms with E-state index in [1.54, 1.807) is 0 Å². The van der Waals surface area contributed by atoms with Gasteiger partial charge in [0.1, 0.15) is 12.4 Å². The van der Waals surface area contributed by atoms with E-state index in [-0.39, 0.29) is 0 Å². The van der Waals surface area contributed by atoms with Gasteiger partial charge in [-0.1, -0.05) is 60.7 Å². The third kappa shape index (κ3) is 4.13. The van der Waals surface area contributed by atoms with Crippen molar-refractivity contribution < 1.29 is 4.74 Å². The number of rotatable bonds is 6. The van der Waals surface area contributed by atoms with Crippen LogP contribution in [0.3, 0.4) is 0 Å².